The third-order valence-electron chi connectivity index (χ3n) is 2.06. The highest BCUT2D eigenvalue weighted by Crippen LogP contribution is 2.23. The van der Waals surface area contributed by atoms with Gasteiger partial charge in [0.2, 0.25) is 0 Å². The molecule has 1 rings (SSSR count). The van der Waals surface area contributed by atoms with Crippen LogP contribution in [0.1, 0.15) is 34.1 Å². The van der Waals surface area contributed by atoms with Crippen LogP contribution in [0.25, 0.3) is 0 Å². The minimum absolute atomic E-state index is 0.0979. The molecule has 1 aliphatic carbocycles. The Labute approximate surface area is 84.1 Å². The van der Waals surface area contributed by atoms with Gasteiger partial charge >= 0.3 is 5.97 Å². The number of carbonyl (C=O) groups excluding carboxylic acids is 2. The lowest BCUT2D eigenvalue weighted by molar-refractivity contribution is -0.161. The van der Waals surface area contributed by atoms with E-state index in [4.69, 9.17) is 4.74 Å². The molecule has 0 fully saturated rings. The van der Waals surface area contributed by atoms with E-state index in [0.717, 1.165) is 0 Å². The Bertz CT molecular complexity index is 294. The zero-order valence-corrected chi connectivity index (χ0v) is 9.09. The van der Waals surface area contributed by atoms with Crippen molar-refractivity contribution in [2.75, 3.05) is 0 Å². The predicted molar refractivity (Wildman–Crippen MR) is 52.7 cm³/mol. The molecule has 0 radical (unpaired) electrons. The van der Waals surface area contributed by atoms with Crippen LogP contribution in [0.2, 0.25) is 0 Å². The van der Waals surface area contributed by atoms with Gasteiger partial charge in [0.1, 0.15) is 11.5 Å². The van der Waals surface area contributed by atoms with Crippen LogP contribution >= 0.6 is 0 Å². The van der Waals surface area contributed by atoms with E-state index in [0.29, 0.717) is 12.0 Å². The highest BCUT2D eigenvalue weighted by molar-refractivity contribution is 6.10. The Hall–Kier alpha value is -1.12. The third-order valence-corrected chi connectivity index (χ3v) is 2.06. The summed E-state index contributed by atoms with van der Waals surface area (Å²) in [5.74, 6) is -1.11. The van der Waals surface area contributed by atoms with Crippen molar-refractivity contribution in [1.82, 2.24) is 0 Å². The quantitative estimate of drug-likeness (QED) is 0.475. The van der Waals surface area contributed by atoms with Crippen molar-refractivity contribution in [1.29, 1.82) is 0 Å². The topological polar surface area (TPSA) is 43.4 Å². The minimum atomic E-state index is -0.603. The summed E-state index contributed by atoms with van der Waals surface area (Å²) in [6.07, 6.45) is 2.27. The van der Waals surface area contributed by atoms with E-state index in [1.54, 1.807) is 33.8 Å². The van der Waals surface area contributed by atoms with Gasteiger partial charge in [0.15, 0.2) is 5.78 Å². The molecule has 78 valence electrons. The molecule has 0 saturated carbocycles. The summed E-state index contributed by atoms with van der Waals surface area (Å²) in [5.41, 5.74) is 0.147. The van der Waals surface area contributed by atoms with Crippen molar-refractivity contribution in [3.63, 3.8) is 0 Å². The normalized spacial score (nSPS) is 22.1. The van der Waals surface area contributed by atoms with Crippen LogP contribution < -0.4 is 0 Å². The maximum absolute atomic E-state index is 11.5. The number of hydrogen-bond acceptors (Lipinski definition) is 3. The van der Waals surface area contributed by atoms with Gasteiger partial charge in [0.05, 0.1) is 0 Å². The molecule has 0 aromatic heterocycles. The molecule has 1 aliphatic rings. The van der Waals surface area contributed by atoms with Crippen LogP contribution in [-0.2, 0) is 14.3 Å². The molecule has 0 aromatic carbocycles. The Morgan fingerprint density at radius 2 is 2.07 bits per heavy atom. The van der Waals surface area contributed by atoms with Gasteiger partial charge in [-0.3, -0.25) is 9.59 Å². The van der Waals surface area contributed by atoms with Gasteiger partial charge in [0, 0.05) is 0 Å². The SMILES string of the molecule is CC1=CCC(C(=O)OC(C)(C)C)C1=O. The van der Waals surface area contributed by atoms with Gasteiger partial charge in [-0.05, 0) is 39.7 Å². The summed E-state index contributed by atoms with van der Waals surface area (Å²) in [5, 5.41) is 0. The Morgan fingerprint density at radius 3 is 2.43 bits per heavy atom. The molecule has 0 aliphatic heterocycles. The fourth-order valence-electron chi connectivity index (χ4n) is 1.35. The molecule has 0 saturated heterocycles. The molecule has 1 atom stereocenters. The maximum Gasteiger partial charge on any atom is 0.317 e. The molecule has 0 amide bonds. The summed E-state index contributed by atoms with van der Waals surface area (Å²) < 4.78 is 5.15. The number of Topliss-reactive ketones (excluding diaryl/α,β-unsaturated/α-hetero) is 1. The smallest absolute Gasteiger partial charge is 0.317 e. The standard InChI is InChI=1S/C11H16O3/c1-7-5-6-8(9(7)12)10(13)14-11(2,3)4/h5,8H,6H2,1-4H3. The predicted octanol–water partition coefficient (Wildman–Crippen LogP) is 1.86. The van der Waals surface area contributed by atoms with Crippen LogP contribution in [-0.4, -0.2) is 17.4 Å². The molecule has 14 heavy (non-hydrogen) atoms. The van der Waals surface area contributed by atoms with Crippen molar-refractivity contribution in [3.05, 3.63) is 11.6 Å². The third kappa shape index (κ3) is 2.44. The van der Waals surface area contributed by atoms with Crippen LogP contribution in [0.4, 0.5) is 0 Å². The van der Waals surface area contributed by atoms with E-state index in [2.05, 4.69) is 0 Å². The van der Waals surface area contributed by atoms with Crippen molar-refractivity contribution in [3.8, 4) is 0 Å². The molecule has 0 N–H and O–H groups in total. The molecule has 3 nitrogen and oxygen atoms in total. The lowest BCUT2D eigenvalue weighted by atomic mass is 10.0. The first-order valence-corrected chi connectivity index (χ1v) is 4.75. The van der Waals surface area contributed by atoms with Crippen molar-refractivity contribution < 1.29 is 14.3 Å². The molecular weight excluding hydrogens is 180 g/mol. The second-order valence-electron chi connectivity index (χ2n) is 4.57. The fourth-order valence-corrected chi connectivity index (χ4v) is 1.35. The second-order valence-corrected chi connectivity index (χ2v) is 4.57. The van der Waals surface area contributed by atoms with E-state index < -0.39 is 17.5 Å². The van der Waals surface area contributed by atoms with Crippen LogP contribution in [0.3, 0.4) is 0 Å². The van der Waals surface area contributed by atoms with Crippen molar-refractivity contribution in [2.24, 2.45) is 5.92 Å². The highest BCUT2D eigenvalue weighted by atomic mass is 16.6. The molecular formula is C11H16O3. The van der Waals surface area contributed by atoms with Crippen LogP contribution in [0.5, 0.6) is 0 Å². The highest BCUT2D eigenvalue weighted by Gasteiger charge is 2.34. The molecule has 0 aromatic rings. The second kappa shape index (κ2) is 3.56. The van der Waals surface area contributed by atoms with Crippen molar-refractivity contribution in [2.45, 2.75) is 39.7 Å². The van der Waals surface area contributed by atoms with Crippen LogP contribution in [0.15, 0.2) is 11.6 Å². The summed E-state index contributed by atoms with van der Waals surface area (Å²) in [7, 11) is 0. The van der Waals surface area contributed by atoms with Gasteiger partial charge in [-0.1, -0.05) is 6.08 Å². The average Bonchev–Trinajstić information content (AvgIpc) is 2.29. The summed E-state index contributed by atoms with van der Waals surface area (Å²) in [6, 6.07) is 0. The van der Waals surface area contributed by atoms with Crippen molar-refractivity contribution >= 4 is 11.8 Å². The number of carbonyl (C=O) groups is 2. The number of ketones is 1. The number of hydrogen-bond donors (Lipinski definition) is 0. The number of rotatable bonds is 1. The molecule has 0 heterocycles. The zero-order chi connectivity index (χ0) is 10.9. The number of allylic oxidation sites excluding steroid dienone is 2. The van der Waals surface area contributed by atoms with Gasteiger partial charge in [0.25, 0.3) is 0 Å². The Balaban J connectivity index is 2.61. The van der Waals surface area contributed by atoms with E-state index in [-0.39, 0.29) is 5.78 Å². The Kier molecular flexibility index (Phi) is 2.79. The zero-order valence-electron chi connectivity index (χ0n) is 9.09. The molecule has 0 bridgehead atoms. The summed E-state index contributed by atoms with van der Waals surface area (Å²) in [6.45, 7) is 7.12. The monoisotopic (exact) mass is 196 g/mol. The Morgan fingerprint density at radius 1 is 1.50 bits per heavy atom. The van der Waals surface area contributed by atoms with E-state index in [1.165, 1.54) is 0 Å². The van der Waals surface area contributed by atoms with Gasteiger partial charge in [-0.2, -0.15) is 0 Å². The van der Waals surface area contributed by atoms with Gasteiger partial charge in [-0.15, -0.1) is 0 Å². The molecule has 1 unspecified atom stereocenters. The fraction of sp³-hybridized carbons (Fsp3) is 0.636. The van der Waals surface area contributed by atoms with Gasteiger partial charge in [-0.25, -0.2) is 0 Å². The first kappa shape index (κ1) is 11.0. The molecule has 0 spiro atoms. The average molecular weight is 196 g/mol. The number of ether oxygens (including phenoxy) is 1. The first-order valence-electron chi connectivity index (χ1n) is 4.75. The maximum atomic E-state index is 11.5. The van der Waals surface area contributed by atoms with E-state index in [1.807, 2.05) is 0 Å². The number of esters is 1. The largest absolute Gasteiger partial charge is 0.459 e. The van der Waals surface area contributed by atoms with Crippen LogP contribution in [0, 0.1) is 5.92 Å². The summed E-state index contributed by atoms with van der Waals surface area (Å²) >= 11 is 0. The minimum Gasteiger partial charge on any atom is -0.459 e. The first-order chi connectivity index (χ1) is 6.31. The summed E-state index contributed by atoms with van der Waals surface area (Å²) in [4.78, 5) is 23.0. The molecule has 3 heteroatoms. The van der Waals surface area contributed by atoms with E-state index in [9.17, 15) is 9.59 Å². The lowest BCUT2D eigenvalue weighted by Crippen LogP contribution is -2.31. The lowest BCUT2D eigenvalue weighted by Gasteiger charge is -2.21. The van der Waals surface area contributed by atoms with E-state index >= 15 is 0 Å². The van der Waals surface area contributed by atoms with Gasteiger partial charge < -0.3 is 4.74 Å².